The molecule has 1 aromatic heterocycles. The molecule has 0 bridgehead atoms. The van der Waals surface area contributed by atoms with Crippen LogP contribution in [0, 0.1) is 12.8 Å². The zero-order chi connectivity index (χ0) is 13.0. The molecule has 0 radical (unpaired) electrons. The minimum Gasteiger partial charge on any atom is -0.481 e. The van der Waals surface area contributed by atoms with E-state index in [1.54, 1.807) is 6.20 Å². The zero-order valence-corrected chi connectivity index (χ0v) is 10.7. The fraction of sp³-hybridized carbons (Fsp3) is 0.571. The lowest BCUT2D eigenvalue weighted by molar-refractivity contribution is -0.143. The number of rotatable bonds is 4. The number of aliphatic carboxylic acids is 1. The van der Waals surface area contributed by atoms with E-state index in [1.165, 1.54) is 11.1 Å². The maximum absolute atomic E-state index is 11.0. The minimum absolute atomic E-state index is 0.171. The summed E-state index contributed by atoms with van der Waals surface area (Å²) in [6.07, 6.45) is 7.31. The maximum Gasteiger partial charge on any atom is 0.306 e. The molecule has 4 heteroatoms. The highest BCUT2D eigenvalue weighted by Gasteiger charge is 2.26. The smallest absolute Gasteiger partial charge is 0.306 e. The minimum atomic E-state index is -0.651. The fourth-order valence-electron chi connectivity index (χ4n) is 2.55. The average molecular weight is 248 g/mol. The molecule has 2 rings (SSSR count). The summed E-state index contributed by atoms with van der Waals surface area (Å²) in [6.45, 7) is 2.84. The summed E-state index contributed by atoms with van der Waals surface area (Å²) in [5, 5.41) is 12.5. The maximum atomic E-state index is 11.0. The van der Waals surface area contributed by atoms with Gasteiger partial charge in [-0.3, -0.25) is 9.78 Å². The van der Waals surface area contributed by atoms with E-state index >= 15 is 0 Å². The van der Waals surface area contributed by atoms with Crippen LogP contribution in [0.1, 0.15) is 36.8 Å². The Labute approximate surface area is 107 Å². The van der Waals surface area contributed by atoms with Gasteiger partial charge in [0.05, 0.1) is 5.92 Å². The van der Waals surface area contributed by atoms with Gasteiger partial charge in [-0.1, -0.05) is 6.42 Å². The van der Waals surface area contributed by atoms with Gasteiger partial charge in [-0.15, -0.1) is 0 Å². The van der Waals surface area contributed by atoms with E-state index in [4.69, 9.17) is 5.11 Å². The quantitative estimate of drug-likeness (QED) is 0.856. The molecule has 1 aliphatic carbocycles. The van der Waals surface area contributed by atoms with Crippen molar-refractivity contribution in [3.63, 3.8) is 0 Å². The Morgan fingerprint density at radius 3 is 3.11 bits per heavy atom. The van der Waals surface area contributed by atoms with E-state index in [-0.39, 0.29) is 5.92 Å². The van der Waals surface area contributed by atoms with Crippen LogP contribution in [-0.2, 0) is 11.3 Å². The van der Waals surface area contributed by atoms with Gasteiger partial charge in [-0.2, -0.15) is 0 Å². The summed E-state index contributed by atoms with van der Waals surface area (Å²) in [5.41, 5.74) is 2.41. The summed E-state index contributed by atoms with van der Waals surface area (Å²) < 4.78 is 0. The van der Waals surface area contributed by atoms with E-state index in [2.05, 4.69) is 10.3 Å². The van der Waals surface area contributed by atoms with Crippen molar-refractivity contribution in [3.8, 4) is 0 Å². The summed E-state index contributed by atoms with van der Waals surface area (Å²) in [7, 11) is 0. The van der Waals surface area contributed by atoms with Crippen LogP contribution in [0.5, 0.6) is 0 Å². The second-order valence-electron chi connectivity index (χ2n) is 5.08. The summed E-state index contributed by atoms with van der Waals surface area (Å²) >= 11 is 0. The molecule has 0 aliphatic heterocycles. The van der Waals surface area contributed by atoms with Gasteiger partial charge in [-0.25, -0.2) is 0 Å². The van der Waals surface area contributed by atoms with E-state index < -0.39 is 5.97 Å². The molecule has 2 atom stereocenters. The monoisotopic (exact) mass is 248 g/mol. The largest absolute Gasteiger partial charge is 0.481 e. The summed E-state index contributed by atoms with van der Waals surface area (Å²) in [5.74, 6) is -0.823. The Morgan fingerprint density at radius 1 is 1.56 bits per heavy atom. The number of carboxylic acids is 1. The fourth-order valence-corrected chi connectivity index (χ4v) is 2.55. The normalized spacial score (nSPS) is 23.8. The first-order valence-electron chi connectivity index (χ1n) is 6.52. The number of pyridine rings is 1. The number of hydrogen-bond donors (Lipinski definition) is 2. The molecule has 4 nitrogen and oxygen atoms in total. The predicted octanol–water partition coefficient (Wildman–Crippen LogP) is 2.12. The molecular weight excluding hydrogens is 228 g/mol. The van der Waals surface area contributed by atoms with Crippen molar-refractivity contribution in [2.24, 2.45) is 5.92 Å². The third kappa shape index (κ3) is 3.29. The van der Waals surface area contributed by atoms with Gasteiger partial charge >= 0.3 is 5.97 Å². The van der Waals surface area contributed by atoms with Gasteiger partial charge in [0.15, 0.2) is 0 Å². The van der Waals surface area contributed by atoms with Crippen LogP contribution in [0.3, 0.4) is 0 Å². The van der Waals surface area contributed by atoms with Crippen molar-refractivity contribution in [1.29, 1.82) is 0 Å². The lowest BCUT2D eigenvalue weighted by Crippen LogP contribution is -2.36. The van der Waals surface area contributed by atoms with Gasteiger partial charge in [-0.05, 0) is 43.4 Å². The van der Waals surface area contributed by atoms with Crippen molar-refractivity contribution in [2.45, 2.75) is 45.2 Å². The predicted molar refractivity (Wildman–Crippen MR) is 69.2 cm³/mol. The zero-order valence-electron chi connectivity index (χ0n) is 10.7. The number of nitrogens with one attached hydrogen (secondary N) is 1. The van der Waals surface area contributed by atoms with Crippen LogP contribution in [0.15, 0.2) is 18.5 Å². The van der Waals surface area contributed by atoms with Crippen LogP contribution in [0.4, 0.5) is 0 Å². The van der Waals surface area contributed by atoms with Crippen LogP contribution in [-0.4, -0.2) is 22.1 Å². The number of carbonyl (C=O) groups is 1. The van der Waals surface area contributed by atoms with E-state index in [9.17, 15) is 4.79 Å². The van der Waals surface area contributed by atoms with Crippen molar-refractivity contribution in [2.75, 3.05) is 0 Å². The van der Waals surface area contributed by atoms with Crippen molar-refractivity contribution >= 4 is 5.97 Å². The Kier molecular flexibility index (Phi) is 4.31. The second-order valence-corrected chi connectivity index (χ2v) is 5.08. The molecule has 0 aromatic carbocycles. The third-order valence-electron chi connectivity index (χ3n) is 3.74. The van der Waals surface area contributed by atoms with Crippen LogP contribution >= 0.6 is 0 Å². The molecule has 0 amide bonds. The van der Waals surface area contributed by atoms with E-state index in [0.29, 0.717) is 6.04 Å². The van der Waals surface area contributed by atoms with Gasteiger partial charge in [0.25, 0.3) is 0 Å². The molecule has 98 valence electrons. The molecule has 1 aliphatic rings. The summed E-state index contributed by atoms with van der Waals surface area (Å²) in [6, 6.07) is 2.34. The molecule has 0 spiro atoms. The molecule has 2 unspecified atom stereocenters. The Balaban J connectivity index is 1.87. The Bertz CT molecular complexity index is 420. The molecule has 1 aromatic rings. The Morgan fingerprint density at radius 2 is 2.39 bits per heavy atom. The molecular formula is C14H20N2O2. The number of aryl methyl sites for hydroxylation is 1. The van der Waals surface area contributed by atoms with E-state index in [1.807, 2.05) is 19.2 Å². The van der Waals surface area contributed by atoms with Crippen molar-refractivity contribution in [3.05, 3.63) is 29.6 Å². The van der Waals surface area contributed by atoms with Crippen molar-refractivity contribution in [1.82, 2.24) is 10.3 Å². The highest BCUT2D eigenvalue weighted by Crippen LogP contribution is 2.24. The van der Waals surface area contributed by atoms with Gasteiger partial charge in [0.2, 0.25) is 0 Å². The molecule has 18 heavy (non-hydrogen) atoms. The molecule has 1 fully saturated rings. The standard InChI is InChI=1S/C14H20N2O2/c1-10-8-15-6-5-12(10)9-16-13-4-2-3-11(7-13)14(17)18/h5-6,8,11,13,16H,2-4,7,9H2,1H3,(H,17,18). The first-order valence-corrected chi connectivity index (χ1v) is 6.52. The lowest BCUT2D eigenvalue weighted by Gasteiger charge is -2.27. The Hall–Kier alpha value is -1.42. The number of hydrogen-bond acceptors (Lipinski definition) is 3. The van der Waals surface area contributed by atoms with Crippen LogP contribution in [0.2, 0.25) is 0 Å². The number of carboxylic acid groups (broad SMARTS) is 1. The van der Waals surface area contributed by atoms with Crippen molar-refractivity contribution < 1.29 is 9.90 Å². The molecule has 1 saturated carbocycles. The first kappa shape index (κ1) is 13.0. The molecule has 1 heterocycles. The van der Waals surface area contributed by atoms with Crippen LogP contribution < -0.4 is 5.32 Å². The van der Waals surface area contributed by atoms with Gasteiger partial charge in [0.1, 0.15) is 0 Å². The highest BCUT2D eigenvalue weighted by molar-refractivity contribution is 5.70. The lowest BCUT2D eigenvalue weighted by atomic mass is 9.85. The topological polar surface area (TPSA) is 62.2 Å². The van der Waals surface area contributed by atoms with Gasteiger partial charge in [0, 0.05) is 25.0 Å². The van der Waals surface area contributed by atoms with E-state index in [0.717, 1.165) is 32.2 Å². The second kappa shape index (κ2) is 5.96. The number of aromatic nitrogens is 1. The SMILES string of the molecule is Cc1cnccc1CNC1CCCC(C(=O)O)C1. The highest BCUT2D eigenvalue weighted by atomic mass is 16.4. The average Bonchev–Trinajstić information content (AvgIpc) is 2.38. The van der Waals surface area contributed by atoms with Gasteiger partial charge < -0.3 is 10.4 Å². The third-order valence-corrected chi connectivity index (χ3v) is 3.74. The number of nitrogens with zero attached hydrogens (tertiary/aromatic N) is 1. The molecule has 0 saturated heterocycles. The van der Waals surface area contributed by atoms with Crippen LogP contribution in [0.25, 0.3) is 0 Å². The molecule has 2 N–H and O–H groups in total. The first-order chi connectivity index (χ1) is 8.66. The summed E-state index contributed by atoms with van der Waals surface area (Å²) in [4.78, 5) is 15.1.